The molecule has 4 aromatic rings. The Balaban J connectivity index is 1.61. The SMILES string of the molecule is CC(=O)OCCc1cccc(F)c1OCc1cc(-c2ccnc(CN[S+]([O-])C(C)(C)C)c2F)c2occc2c1. The molecule has 7 nitrogen and oxygen atoms in total. The van der Waals surface area contributed by atoms with Gasteiger partial charge in [0.15, 0.2) is 17.4 Å². The highest BCUT2D eigenvalue weighted by atomic mass is 32.2. The van der Waals surface area contributed by atoms with Crippen LogP contribution in [0.4, 0.5) is 8.78 Å². The normalized spacial score (nSPS) is 12.5. The van der Waals surface area contributed by atoms with Crippen molar-refractivity contribution < 1.29 is 32.0 Å². The maximum Gasteiger partial charge on any atom is 0.302 e. The number of pyridine rings is 1. The molecule has 0 amide bonds. The van der Waals surface area contributed by atoms with Crippen molar-refractivity contribution in [3.63, 3.8) is 0 Å². The fourth-order valence-corrected chi connectivity index (χ4v) is 4.67. The molecule has 0 bridgehead atoms. The standard InChI is InChI=1S/C29H30F2N2O5S/c1-18(34)36-12-9-20-6-5-7-24(30)28(20)38-17-19-14-21-10-13-37-27(21)23(15-19)22-8-11-32-25(26(22)31)16-33-39(35)29(2,3)4/h5-8,10-11,13-15,33H,9,12,16-17H2,1-4H3. The number of carbonyl (C=O) groups is 1. The minimum absolute atomic E-state index is 0.00129. The fraction of sp³-hybridized carbons (Fsp3) is 0.310. The van der Waals surface area contributed by atoms with E-state index in [0.29, 0.717) is 22.3 Å². The third-order valence-electron chi connectivity index (χ3n) is 5.90. The molecule has 206 valence electrons. The molecule has 4 rings (SSSR count). The monoisotopic (exact) mass is 556 g/mol. The third-order valence-corrected chi connectivity index (χ3v) is 7.42. The van der Waals surface area contributed by atoms with Gasteiger partial charge >= 0.3 is 5.97 Å². The van der Waals surface area contributed by atoms with Gasteiger partial charge in [0.1, 0.15) is 16.9 Å². The lowest BCUT2D eigenvalue weighted by atomic mass is 10.00. The molecule has 1 N–H and O–H groups in total. The summed E-state index contributed by atoms with van der Waals surface area (Å²) in [5.74, 6) is -1.45. The second-order valence-electron chi connectivity index (χ2n) is 9.91. The van der Waals surface area contributed by atoms with E-state index in [2.05, 4.69) is 9.71 Å². The molecule has 0 fully saturated rings. The van der Waals surface area contributed by atoms with Crippen molar-refractivity contribution in [3.05, 3.63) is 83.4 Å². The van der Waals surface area contributed by atoms with E-state index < -0.39 is 33.7 Å². The van der Waals surface area contributed by atoms with Gasteiger partial charge in [-0.3, -0.25) is 9.78 Å². The van der Waals surface area contributed by atoms with Crippen molar-refractivity contribution in [1.82, 2.24) is 9.71 Å². The minimum Gasteiger partial charge on any atom is -0.598 e. The van der Waals surface area contributed by atoms with Gasteiger partial charge in [0.25, 0.3) is 0 Å². The average Bonchev–Trinajstić information content (AvgIpc) is 3.35. The van der Waals surface area contributed by atoms with Crippen LogP contribution in [0.25, 0.3) is 22.1 Å². The molecular weight excluding hydrogens is 526 g/mol. The molecule has 0 spiro atoms. The summed E-state index contributed by atoms with van der Waals surface area (Å²) in [7, 11) is 0. The zero-order valence-electron chi connectivity index (χ0n) is 22.2. The van der Waals surface area contributed by atoms with E-state index in [9.17, 15) is 13.7 Å². The number of nitrogens with zero attached hydrogens (tertiary/aromatic N) is 1. The van der Waals surface area contributed by atoms with Gasteiger partial charge in [0, 0.05) is 53.0 Å². The smallest absolute Gasteiger partial charge is 0.302 e. The second kappa shape index (κ2) is 12.1. The highest BCUT2D eigenvalue weighted by Gasteiger charge is 2.27. The van der Waals surface area contributed by atoms with E-state index in [0.717, 1.165) is 5.39 Å². The number of rotatable bonds is 10. The zero-order chi connectivity index (χ0) is 28.2. The van der Waals surface area contributed by atoms with Crippen molar-refractivity contribution >= 4 is 28.3 Å². The molecule has 0 saturated heterocycles. The van der Waals surface area contributed by atoms with E-state index in [-0.39, 0.29) is 43.2 Å². The predicted molar refractivity (Wildman–Crippen MR) is 145 cm³/mol. The summed E-state index contributed by atoms with van der Waals surface area (Å²) < 4.78 is 61.5. The van der Waals surface area contributed by atoms with Gasteiger partial charge in [-0.1, -0.05) is 12.1 Å². The summed E-state index contributed by atoms with van der Waals surface area (Å²) in [4.78, 5) is 15.2. The quantitative estimate of drug-likeness (QED) is 0.189. The summed E-state index contributed by atoms with van der Waals surface area (Å²) in [6, 6.07) is 11.4. The number of hydrogen-bond donors (Lipinski definition) is 1. The molecular formula is C29H30F2N2O5S. The van der Waals surface area contributed by atoms with Gasteiger partial charge in [0.05, 0.1) is 25.1 Å². The number of hydrogen-bond acceptors (Lipinski definition) is 7. The maximum atomic E-state index is 15.6. The van der Waals surface area contributed by atoms with Crippen molar-refractivity contribution in [2.75, 3.05) is 6.61 Å². The first-order valence-electron chi connectivity index (χ1n) is 12.4. The second-order valence-corrected chi connectivity index (χ2v) is 12.0. The average molecular weight is 557 g/mol. The predicted octanol–water partition coefficient (Wildman–Crippen LogP) is 6.01. The summed E-state index contributed by atoms with van der Waals surface area (Å²) in [6.45, 7) is 6.86. The lowest BCUT2D eigenvalue weighted by molar-refractivity contribution is -0.140. The molecule has 0 saturated carbocycles. The van der Waals surface area contributed by atoms with Crippen LogP contribution in [0.3, 0.4) is 0 Å². The molecule has 10 heteroatoms. The van der Waals surface area contributed by atoms with Crippen LogP contribution >= 0.6 is 0 Å². The highest BCUT2D eigenvalue weighted by Crippen LogP contribution is 2.34. The number of fused-ring (bicyclic) bond motifs is 1. The molecule has 2 aromatic carbocycles. The van der Waals surface area contributed by atoms with Crippen molar-refractivity contribution in [2.45, 2.75) is 52.0 Å². The third kappa shape index (κ3) is 6.95. The van der Waals surface area contributed by atoms with Gasteiger partial charge in [-0.2, -0.15) is 0 Å². The van der Waals surface area contributed by atoms with Crippen LogP contribution < -0.4 is 9.46 Å². The zero-order valence-corrected chi connectivity index (χ0v) is 23.0. The number of nitrogens with one attached hydrogen (secondary N) is 1. The Morgan fingerprint density at radius 1 is 1.15 bits per heavy atom. The molecule has 1 unspecified atom stereocenters. The Bertz CT molecular complexity index is 1470. The van der Waals surface area contributed by atoms with E-state index in [1.807, 2.05) is 26.8 Å². The Morgan fingerprint density at radius 3 is 2.69 bits per heavy atom. The van der Waals surface area contributed by atoms with E-state index in [1.165, 1.54) is 25.5 Å². The Morgan fingerprint density at radius 2 is 1.95 bits per heavy atom. The first kappa shape index (κ1) is 28.5. The van der Waals surface area contributed by atoms with E-state index >= 15 is 4.39 Å². The molecule has 1 atom stereocenters. The highest BCUT2D eigenvalue weighted by molar-refractivity contribution is 7.90. The lowest BCUT2D eigenvalue weighted by Gasteiger charge is -2.23. The van der Waals surface area contributed by atoms with Crippen LogP contribution in [-0.4, -0.2) is 26.9 Å². The molecule has 2 aromatic heterocycles. The van der Waals surface area contributed by atoms with Crippen LogP contribution in [0, 0.1) is 11.6 Å². The summed E-state index contributed by atoms with van der Waals surface area (Å²) in [5.41, 5.74) is 2.57. The Labute approximate surface area is 228 Å². The van der Waals surface area contributed by atoms with E-state index in [4.69, 9.17) is 13.9 Å². The van der Waals surface area contributed by atoms with Gasteiger partial charge in [0.2, 0.25) is 0 Å². The van der Waals surface area contributed by atoms with Crippen LogP contribution in [0.1, 0.15) is 44.5 Å². The number of halogens is 2. The van der Waals surface area contributed by atoms with Crippen molar-refractivity contribution in [2.24, 2.45) is 0 Å². The van der Waals surface area contributed by atoms with E-state index in [1.54, 1.807) is 30.3 Å². The summed E-state index contributed by atoms with van der Waals surface area (Å²) in [5, 5.41) is 0.722. The number of furan rings is 1. The minimum atomic E-state index is -1.39. The van der Waals surface area contributed by atoms with Crippen molar-refractivity contribution in [1.29, 1.82) is 0 Å². The van der Waals surface area contributed by atoms with Crippen LogP contribution in [0.5, 0.6) is 5.75 Å². The van der Waals surface area contributed by atoms with Crippen LogP contribution in [0.15, 0.2) is 59.3 Å². The molecule has 0 aliphatic carbocycles. The van der Waals surface area contributed by atoms with Crippen molar-refractivity contribution in [3.8, 4) is 16.9 Å². The number of aromatic nitrogens is 1. The summed E-state index contributed by atoms with van der Waals surface area (Å²) in [6.07, 6.45) is 3.29. The fourth-order valence-electron chi connectivity index (χ4n) is 3.97. The Hall–Kier alpha value is -3.47. The van der Waals surface area contributed by atoms with Crippen LogP contribution in [0.2, 0.25) is 0 Å². The first-order valence-corrected chi connectivity index (χ1v) is 13.5. The topological polar surface area (TPSA) is 96.7 Å². The van der Waals surface area contributed by atoms with Crippen LogP contribution in [-0.2, 0) is 40.5 Å². The first-order chi connectivity index (χ1) is 18.5. The molecule has 39 heavy (non-hydrogen) atoms. The summed E-state index contributed by atoms with van der Waals surface area (Å²) >= 11 is -1.39. The largest absolute Gasteiger partial charge is 0.598 e. The van der Waals surface area contributed by atoms with Gasteiger partial charge in [-0.15, -0.1) is 4.72 Å². The number of benzene rings is 2. The number of ether oxygens (including phenoxy) is 2. The number of para-hydroxylation sites is 1. The van der Waals surface area contributed by atoms with Gasteiger partial charge in [-0.25, -0.2) is 8.78 Å². The molecule has 0 radical (unpaired) electrons. The molecule has 0 aliphatic heterocycles. The lowest BCUT2D eigenvalue weighted by Crippen LogP contribution is -2.39. The van der Waals surface area contributed by atoms with Gasteiger partial charge < -0.3 is 18.4 Å². The van der Waals surface area contributed by atoms with Gasteiger partial charge in [-0.05, 0) is 56.7 Å². The molecule has 2 heterocycles. The number of esters is 1. The number of carbonyl (C=O) groups excluding carboxylic acids is 1. The maximum absolute atomic E-state index is 15.6. The Kier molecular flexibility index (Phi) is 8.89. The molecule has 0 aliphatic rings.